The van der Waals surface area contributed by atoms with Gasteiger partial charge in [0.15, 0.2) is 0 Å². The van der Waals surface area contributed by atoms with Crippen molar-refractivity contribution in [1.82, 2.24) is 15.3 Å². The molecule has 0 radical (unpaired) electrons. The van der Waals surface area contributed by atoms with Crippen LogP contribution in [-0.2, 0) is 9.59 Å². The van der Waals surface area contributed by atoms with Crippen LogP contribution in [0.25, 0.3) is 0 Å². The fraction of sp³-hybridized carbons (Fsp3) is 0.481. The number of hydroxylamine groups is 1. The number of benzene rings is 2. The topological polar surface area (TPSA) is 72.9 Å². The normalized spacial score (nSPS) is 14.9. The van der Waals surface area contributed by atoms with Crippen molar-refractivity contribution >= 4 is 11.8 Å². The Kier molecular flexibility index (Phi) is 9.91. The number of nitrogens with one attached hydrogen (secondary N) is 1. The maximum absolute atomic E-state index is 13.0. The third-order valence-electron chi connectivity index (χ3n) is 6.62. The Labute approximate surface area is 197 Å². The summed E-state index contributed by atoms with van der Waals surface area (Å²) in [4.78, 5) is 28.4. The average molecular weight is 452 g/mol. The first-order chi connectivity index (χ1) is 16.1. The van der Waals surface area contributed by atoms with Gasteiger partial charge >= 0.3 is 0 Å². The van der Waals surface area contributed by atoms with Crippen LogP contribution in [0, 0.1) is 5.92 Å². The standard InChI is InChI=1S/C27H37N3O3/c1-29(19-11-3-2-10-16-25(31)28-33)27(32)24-17-20-30(21-18-24)26(22-12-6-4-7-13-22)23-14-8-5-9-15-23/h4-9,12-15,24,26,33H,2-3,10-11,16-21H2,1H3,(H,28,31). The van der Waals surface area contributed by atoms with Crippen molar-refractivity contribution in [2.75, 3.05) is 26.7 Å². The maximum Gasteiger partial charge on any atom is 0.243 e. The molecular formula is C27H37N3O3. The van der Waals surface area contributed by atoms with E-state index in [0.717, 1.165) is 58.2 Å². The molecule has 2 amide bonds. The van der Waals surface area contributed by atoms with Gasteiger partial charge in [-0.2, -0.15) is 0 Å². The minimum Gasteiger partial charge on any atom is -0.346 e. The molecule has 2 aromatic rings. The van der Waals surface area contributed by atoms with E-state index in [-0.39, 0.29) is 23.8 Å². The zero-order chi connectivity index (χ0) is 23.5. The van der Waals surface area contributed by atoms with E-state index in [2.05, 4.69) is 65.6 Å². The molecule has 1 aliphatic rings. The average Bonchev–Trinajstić information content (AvgIpc) is 2.87. The summed E-state index contributed by atoms with van der Waals surface area (Å²) in [6.07, 6.45) is 5.71. The number of carbonyl (C=O) groups excluding carboxylic acids is 2. The van der Waals surface area contributed by atoms with Crippen molar-refractivity contribution in [2.45, 2.75) is 51.0 Å². The van der Waals surface area contributed by atoms with Crippen LogP contribution in [0.5, 0.6) is 0 Å². The molecule has 0 aromatic heterocycles. The third-order valence-corrected chi connectivity index (χ3v) is 6.62. The zero-order valence-electron chi connectivity index (χ0n) is 19.7. The molecule has 3 rings (SSSR count). The van der Waals surface area contributed by atoms with Crippen LogP contribution in [0.15, 0.2) is 60.7 Å². The SMILES string of the molecule is CN(CCCCCCC(=O)NO)C(=O)C1CCN(C(c2ccccc2)c2ccccc2)CC1. The summed E-state index contributed by atoms with van der Waals surface area (Å²) >= 11 is 0. The van der Waals surface area contributed by atoms with Gasteiger partial charge in [0.1, 0.15) is 0 Å². The summed E-state index contributed by atoms with van der Waals surface area (Å²) in [5.74, 6) is 0.00684. The summed E-state index contributed by atoms with van der Waals surface area (Å²) in [6.45, 7) is 2.57. The molecule has 1 saturated heterocycles. The summed E-state index contributed by atoms with van der Waals surface area (Å²) in [5.41, 5.74) is 4.25. The van der Waals surface area contributed by atoms with Crippen molar-refractivity contribution in [3.8, 4) is 0 Å². The summed E-state index contributed by atoms with van der Waals surface area (Å²) < 4.78 is 0. The van der Waals surface area contributed by atoms with Crippen LogP contribution in [0.2, 0.25) is 0 Å². The predicted molar refractivity (Wildman–Crippen MR) is 130 cm³/mol. The molecule has 1 aliphatic heterocycles. The lowest BCUT2D eigenvalue weighted by atomic mass is 9.90. The van der Waals surface area contributed by atoms with Gasteiger partial charge in [-0.05, 0) is 49.9 Å². The van der Waals surface area contributed by atoms with E-state index in [1.54, 1.807) is 5.48 Å². The van der Waals surface area contributed by atoms with Crippen LogP contribution in [0.1, 0.15) is 62.1 Å². The second-order valence-corrected chi connectivity index (χ2v) is 8.99. The van der Waals surface area contributed by atoms with Gasteiger partial charge < -0.3 is 4.90 Å². The Morgan fingerprint density at radius 1 is 0.939 bits per heavy atom. The molecule has 0 saturated carbocycles. The molecule has 0 bridgehead atoms. The zero-order valence-corrected chi connectivity index (χ0v) is 19.7. The Morgan fingerprint density at radius 3 is 2.03 bits per heavy atom. The highest BCUT2D eigenvalue weighted by atomic mass is 16.5. The third kappa shape index (κ3) is 7.41. The number of hydrogen-bond acceptors (Lipinski definition) is 4. The Morgan fingerprint density at radius 2 is 1.48 bits per heavy atom. The van der Waals surface area contributed by atoms with E-state index >= 15 is 0 Å². The van der Waals surface area contributed by atoms with Crippen LogP contribution < -0.4 is 5.48 Å². The van der Waals surface area contributed by atoms with Gasteiger partial charge in [-0.15, -0.1) is 0 Å². The predicted octanol–water partition coefficient (Wildman–Crippen LogP) is 4.40. The van der Waals surface area contributed by atoms with E-state index < -0.39 is 0 Å². The molecule has 2 N–H and O–H groups in total. The monoisotopic (exact) mass is 451 g/mol. The quantitative estimate of drug-likeness (QED) is 0.302. The van der Waals surface area contributed by atoms with Crippen LogP contribution in [-0.4, -0.2) is 53.5 Å². The first-order valence-electron chi connectivity index (χ1n) is 12.1. The summed E-state index contributed by atoms with van der Waals surface area (Å²) in [7, 11) is 1.91. The molecule has 0 unspecified atom stereocenters. The highest BCUT2D eigenvalue weighted by Gasteiger charge is 2.31. The van der Waals surface area contributed by atoms with Crippen molar-refractivity contribution in [2.24, 2.45) is 5.92 Å². The maximum atomic E-state index is 13.0. The van der Waals surface area contributed by atoms with E-state index in [1.165, 1.54) is 11.1 Å². The second-order valence-electron chi connectivity index (χ2n) is 8.99. The fourth-order valence-electron chi connectivity index (χ4n) is 4.76. The van der Waals surface area contributed by atoms with E-state index in [9.17, 15) is 9.59 Å². The number of piperidine rings is 1. The van der Waals surface area contributed by atoms with Crippen molar-refractivity contribution in [3.05, 3.63) is 71.8 Å². The molecule has 178 valence electrons. The van der Waals surface area contributed by atoms with Crippen LogP contribution in [0.3, 0.4) is 0 Å². The minimum absolute atomic E-state index is 0.0895. The molecule has 1 fully saturated rings. The van der Waals surface area contributed by atoms with Gasteiger partial charge in [0, 0.05) is 25.9 Å². The van der Waals surface area contributed by atoms with Gasteiger partial charge in [0.25, 0.3) is 0 Å². The fourth-order valence-corrected chi connectivity index (χ4v) is 4.76. The van der Waals surface area contributed by atoms with E-state index in [1.807, 2.05) is 11.9 Å². The highest BCUT2D eigenvalue weighted by Crippen LogP contribution is 2.32. The number of hydrogen-bond donors (Lipinski definition) is 2. The number of unbranched alkanes of at least 4 members (excludes halogenated alkanes) is 3. The van der Waals surface area contributed by atoms with Crippen molar-refractivity contribution in [1.29, 1.82) is 0 Å². The molecule has 33 heavy (non-hydrogen) atoms. The van der Waals surface area contributed by atoms with Crippen LogP contribution >= 0.6 is 0 Å². The molecule has 2 aromatic carbocycles. The molecule has 6 heteroatoms. The number of likely N-dealkylation sites (tertiary alicyclic amines) is 1. The van der Waals surface area contributed by atoms with Crippen molar-refractivity contribution in [3.63, 3.8) is 0 Å². The van der Waals surface area contributed by atoms with Crippen LogP contribution in [0.4, 0.5) is 0 Å². The van der Waals surface area contributed by atoms with Gasteiger partial charge in [0.05, 0.1) is 6.04 Å². The molecule has 0 atom stereocenters. The second kappa shape index (κ2) is 13.1. The molecular weight excluding hydrogens is 414 g/mol. The van der Waals surface area contributed by atoms with Crippen molar-refractivity contribution < 1.29 is 14.8 Å². The largest absolute Gasteiger partial charge is 0.346 e. The number of nitrogens with zero attached hydrogens (tertiary/aromatic N) is 2. The first-order valence-corrected chi connectivity index (χ1v) is 12.1. The number of amides is 2. The number of rotatable bonds is 11. The van der Waals surface area contributed by atoms with Gasteiger partial charge in [-0.25, -0.2) is 5.48 Å². The van der Waals surface area contributed by atoms with Gasteiger partial charge in [-0.1, -0.05) is 73.5 Å². The summed E-state index contributed by atoms with van der Waals surface area (Å²) in [5, 5.41) is 8.51. The minimum atomic E-state index is -0.338. The Bertz CT molecular complexity index is 812. The molecule has 0 spiro atoms. The van der Waals surface area contributed by atoms with Gasteiger partial charge in [-0.3, -0.25) is 19.7 Å². The molecule has 1 heterocycles. The first kappa shape index (κ1) is 24.9. The number of carbonyl (C=O) groups is 2. The lowest BCUT2D eigenvalue weighted by Crippen LogP contribution is -2.43. The van der Waals surface area contributed by atoms with E-state index in [4.69, 9.17) is 5.21 Å². The Balaban J connectivity index is 1.47. The van der Waals surface area contributed by atoms with E-state index in [0.29, 0.717) is 6.42 Å². The molecule has 6 nitrogen and oxygen atoms in total. The smallest absolute Gasteiger partial charge is 0.243 e. The highest BCUT2D eigenvalue weighted by molar-refractivity contribution is 5.78. The summed E-state index contributed by atoms with van der Waals surface area (Å²) in [6, 6.07) is 21.5. The molecule has 0 aliphatic carbocycles. The Hall–Kier alpha value is -2.70. The lowest BCUT2D eigenvalue weighted by Gasteiger charge is -2.38. The van der Waals surface area contributed by atoms with Gasteiger partial charge in [0.2, 0.25) is 11.8 Å². The lowest BCUT2D eigenvalue weighted by molar-refractivity contribution is -0.136.